The number of hydrogen-bond acceptors (Lipinski definition) is 8. The molecular weight excluding hydrogens is 598 g/mol. The van der Waals surface area contributed by atoms with Gasteiger partial charge in [0, 0.05) is 16.3 Å². The maximum absolute atomic E-state index is 12.7. The highest BCUT2D eigenvalue weighted by atomic mass is 35.5. The van der Waals surface area contributed by atoms with Crippen molar-refractivity contribution in [3.05, 3.63) is 113 Å². The number of rotatable bonds is 13. The van der Waals surface area contributed by atoms with Crippen LogP contribution in [0.25, 0.3) is 17.1 Å². The largest absolute Gasteiger partial charge is 0.494 e. The van der Waals surface area contributed by atoms with Gasteiger partial charge >= 0.3 is 0 Å². The summed E-state index contributed by atoms with van der Waals surface area (Å²) in [5, 5.41) is 14.1. The molecule has 5 rings (SSSR count). The molecule has 0 unspecified atom stereocenters. The number of hydrogen-bond donors (Lipinski definition) is 1. The molecule has 0 spiro atoms. The number of nitrogens with zero attached hydrogens (tertiary/aromatic N) is 4. The predicted octanol–water partition coefficient (Wildman–Crippen LogP) is 6.82. The second kappa shape index (κ2) is 15.1. The minimum Gasteiger partial charge on any atom is -0.494 e. The molecule has 1 amide bonds. The number of hydrazone groups is 1. The lowest BCUT2D eigenvalue weighted by molar-refractivity contribution is -0.118. The van der Waals surface area contributed by atoms with E-state index in [0.717, 1.165) is 28.1 Å². The van der Waals surface area contributed by atoms with Crippen LogP contribution in [0.15, 0.2) is 107 Å². The van der Waals surface area contributed by atoms with E-state index < -0.39 is 0 Å². The monoisotopic (exact) mass is 627 g/mol. The van der Waals surface area contributed by atoms with E-state index in [1.165, 1.54) is 11.8 Å². The Hall–Kier alpha value is -4.80. The molecule has 0 saturated heterocycles. The molecule has 44 heavy (non-hydrogen) atoms. The highest BCUT2D eigenvalue weighted by Gasteiger charge is 2.17. The zero-order valence-electron chi connectivity index (χ0n) is 24.1. The summed E-state index contributed by atoms with van der Waals surface area (Å²) in [5.74, 6) is 2.34. The van der Waals surface area contributed by atoms with E-state index in [4.69, 9.17) is 25.8 Å². The topological polar surface area (TPSA) is 99.9 Å². The van der Waals surface area contributed by atoms with Crippen LogP contribution in [0, 0.1) is 0 Å². The van der Waals surface area contributed by atoms with Gasteiger partial charge in [-0.2, -0.15) is 5.10 Å². The molecule has 0 aliphatic rings. The van der Waals surface area contributed by atoms with Crippen LogP contribution in [-0.4, -0.2) is 46.4 Å². The zero-order valence-corrected chi connectivity index (χ0v) is 25.7. The Bertz CT molecular complexity index is 1710. The average molecular weight is 628 g/mol. The molecule has 5 aromatic rings. The molecule has 0 fully saturated rings. The van der Waals surface area contributed by atoms with Crippen LogP contribution in [0.3, 0.4) is 0 Å². The lowest BCUT2D eigenvalue weighted by Crippen LogP contribution is -2.20. The molecule has 224 valence electrons. The summed E-state index contributed by atoms with van der Waals surface area (Å²) in [6.07, 6.45) is 1.55. The Morgan fingerprint density at radius 3 is 2.45 bits per heavy atom. The summed E-state index contributed by atoms with van der Waals surface area (Å²) in [6, 6.07) is 30.3. The fourth-order valence-electron chi connectivity index (χ4n) is 4.20. The first-order valence-corrected chi connectivity index (χ1v) is 15.1. The molecule has 0 radical (unpaired) electrons. The number of methoxy groups -OCH3 is 1. The number of ether oxygens (including phenoxy) is 3. The summed E-state index contributed by atoms with van der Waals surface area (Å²) in [5.41, 5.74) is 6.04. The summed E-state index contributed by atoms with van der Waals surface area (Å²) in [7, 11) is 1.58. The van der Waals surface area contributed by atoms with Crippen LogP contribution in [0.5, 0.6) is 17.2 Å². The molecule has 1 aromatic heterocycles. The van der Waals surface area contributed by atoms with Gasteiger partial charge in [-0.3, -0.25) is 9.36 Å². The zero-order chi connectivity index (χ0) is 30.7. The number of halogens is 1. The van der Waals surface area contributed by atoms with E-state index in [1.54, 1.807) is 31.5 Å². The van der Waals surface area contributed by atoms with Crippen LogP contribution in [-0.2, 0) is 11.4 Å². The maximum atomic E-state index is 12.7. The fraction of sp³-hybridized carbons (Fsp3) is 0.152. The van der Waals surface area contributed by atoms with Crippen LogP contribution < -0.4 is 19.6 Å². The van der Waals surface area contributed by atoms with Gasteiger partial charge in [-0.15, -0.1) is 10.2 Å². The second-order valence-electron chi connectivity index (χ2n) is 9.34. The van der Waals surface area contributed by atoms with Gasteiger partial charge < -0.3 is 14.2 Å². The van der Waals surface area contributed by atoms with Gasteiger partial charge in [0.15, 0.2) is 22.5 Å². The Labute approximate surface area is 264 Å². The van der Waals surface area contributed by atoms with Crippen LogP contribution in [0.1, 0.15) is 18.1 Å². The standard InChI is InChI=1S/C33H30ClN5O4S/c1-3-42-28-16-14-27(15-17-28)39-32(25-10-12-26(34)13-11-25)37-38-33(39)44-22-31(40)36-35-20-24-9-18-29(30(19-24)41-2)43-21-23-7-5-4-6-8-23/h4-20H,3,21-22H2,1-2H3,(H,36,40)/b35-20+. The van der Waals surface area contributed by atoms with Crippen molar-refractivity contribution in [2.75, 3.05) is 19.5 Å². The summed E-state index contributed by atoms with van der Waals surface area (Å²) >= 11 is 7.35. The molecule has 0 saturated carbocycles. The van der Waals surface area contributed by atoms with Crippen molar-refractivity contribution < 1.29 is 19.0 Å². The highest BCUT2D eigenvalue weighted by Crippen LogP contribution is 2.30. The normalized spacial score (nSPS) is 11.0. The Kier molecular flexibility index (Phi) is 10.5. The number of benzene rings is 4. The molecule has 11 heteroatoms. The van der Waals surface area contributed by atoms with Gasteiger partial charge in [0.25, 0.3) is 5.91 Å². The third-order valence-corrected chi connectivity index (χ3v) is 7.48. The predicted molar refractivity (Wildman–Crippen MR) is 173 cm³/mol. The third kappa shape index (κ3) is 7.97. The quantitative estimate of drug-likeness (QED) is 0.0869. The molecule has 0 bridgehead atoms. The lowest BCUT2D eigenvalue weighted by atomic mass is 10.2. The summed E-state index contributed by atoms with van der Waals surface area (Å²) < 4.78 is 18.9. The number of thioether (sulfide) groups is 1. The van der Waals surface area contributed by atoms with Crippen molar-refractivity contribution in [3.8, 4) is 34.3 Å². The number of aromatic nitrogens is 3. The van der Waals surface area contributed by atoms with Crippen molar-refractivity contribution in [3.63, 3.8) is 0 Å². The first kappa shape index (κ1) is 30.7. The second-order valence-corrected chi connectivity index (χ2v) is 10.7. The van der Waals surface area contributed by atoms with Crippen molar-refractivity contribution in [2.24, 2.45) is 5.10 Å². The van der Waals surface area contributed by atoms with E-state index in [0.29, 0.717) is 40.7 Å². The van der Waals surface area contributed by atoms with Gasteiger partial charge in [0.1, 0.15) is 12.4 Å². The first-order chi connectivity index (χ1) is 21.5. The molecule has 1 N–H and O–H groups in total. The van der Waals surface area contributed by atoms with Crippen molar-refractivity contribution in [2.45, 2.75) is 18.7 Å². The number of carbonyl (C=O) groups is 1. The Balaban J connectivity index is 1.24. The summed E-state index contributed by atoms with van der Waals surface area (Å²) in [6.45, 7) is 2.93. The van der Waals surface area contributed by atoms with E-state index in [-0.39, 0.29) is 11.7 Å². The Morgan fingerprint density at radius 1 is 0.955 bits per heavy atom. The molecule has 1 heterocycles. The lowest BCUT2D eigenvalue weighted by Gasteiger charge is -2.11. The molecule has 9 nitrogen and oxygen atoms in total. The van der Waals surface area contributed by atoms with Gasteiger partial charge in [-0.1, -0.05) is 53.7 Å². The Morgan fingerprint density at radius 2 is 1.73 bits per heavy atom. The van der Waals surface area contributed by atoms with E-state index in [2.05, 4.69) is 20.7 Å². The van der Waals surface area contributed by atoms with Crippen molar-refractivity contribution >= 4 is 35.5 Å². The molecular formula is C33H30ClN5O4S. The molecule has 0 aliphatic heterocycles. The van der Waals surface area contributed by atoms with Crippen molar-refractivity contribution in [1.82, 2.24) is 20.2 Å². The number of nitrogens with one attached hydrogen (secondary N) is 1. The third-order valence-electron chi connectivity index (χ3n) is 6.30. The van der Waals surface area contributed by atoms with Crippen LogP contribution in [0.4, 0.5) is 0 Å². The smallest absolute Gasteiger partial charge is 0.250 e. The van der Waals surface area contributed by atoms with Gasteiger partial charge in [-0.05, 0) is 84.8 Å². The van der Waals surface area contributed by atoms with E-state index in [9.17, 15) is 4.79 Å². The average Bonchev–Trinajstić information content (AvgIpc) is 3.48. The van der Waals surface area contributed by atoms with Gasteiger partial charge in [0.05, 0.1) is 25.7 Å². The van der Waals surface area contributed by atoms with Crippen LogP contribution in [0.2, 0.25) is 5.02 Å². The number of carbonyl (C=O) groups excluding carboxylic acids is 1. The SMILES string of the molecule is CCOc1ccc(-n2c(SCC(=O)N/N=C/c3ccc(OCc4ccccc4)c(OC)c3)nnc2-c2ccc(Cl)cc2)cc1. The van der Waals surface area contributed by atoms with Gasteiger partial charge in [-0.25, -0.2) is 5.43 Å². The highest BCUT2D eigenvalue weighted by molar-refractivity contribution is 7.99. The first-order valence-electron chi connectivity index (χ1n) is 13.8. The fourth-order valence-corrected chi connectivity index (χ4v) is 5.07. The number of amides is 1. The van der Waals surface area contributed by atoms with E-state index >= 15 is 0 Å². The van der Waals surface area contributed by atoms with Gasteiger partial charge in [0.2, 0.25) is 0 Å². The maximum Gasteiger partial charge on any atom is 0.250 e. The summed E-state index contributed by atoms with van der Waals surface area (Å²) in [4.78, 5) is 12.7. The van der Waals surface area contributed by atoms with Crippen LogP contribution >= 0.6 is 23.4 Å². The molecule has 0 atom stereocenters. The minimum absolute atomic E-state index is 0.0721. The minimum atomic E-state index is -0.296. The van der Waals surface area contributed by atoms with E-state index in [1.807, 2.05) is 90.4 Å². The molecule has 0 aliphatic carbocycles. The molecule has 4 aromatic carbocycles. The van der Waals surface area contributed by atoms with Crippen molar-refractivity contribution in [1.29, 1.82) is 0 Å².